The Morgan fingerprint density at radius 3 is 2.44 bits per heavy atom. The highest BCUT2D eigenvalue weighted by Crippen LogP contribution is 2.22. The van der Waals surface area contributed by atoms with Crippen LogP contribution in [0.5, 0.6) is 0 Å². The predicted molar refractivity (Wildman–Crippen MR) is 92.6 cm³/mol. The van der Waals surface area contributed by atoms with Crippen LogP contribution in [-0.2, 0) is 11.3 Å². The van der Waals surface area contributed by atoms with Crippen molar-refractivity contribution in [2.45, 2.75) is 38.4 Å². The third-order valence-corrected chi connectivity index (χ3v) is 4.24. The molecule has 1 saturated carbocycles. The van der Waals surface area contributed by atoms with Gasteiger partial charge in [-0.05, 0) is 42.7 Å². The van der Waals surface area contributed by atoms with E-state index in [1.54, 1.807) is 0 Å². The van der Waals surface area contributed by atoms with Gasteiger partial charge in [-0.25, -0.2) is 9.78 Å². The molecule has 130 valence electrons. The third-order valence-electron chi connectivity index (χ3n) is 4.24. The highest BCUT2D eigenvalue weighted by Gasteiger charge is 2.15. The molecule has 0 saturated heterocycles. The summed E-state index contributed by atoms with van der Waals surface area (Å²) in [6.45, 7) is 0.583. The average molecular weight is 340 g/mol. The van der Waals surface area contributed by atoms with E-state index in [0.717, 1.165) is 18.4 Å². The second-order valence-corrected chi connectivity index (χ2v) is 6.11. The van der Waals surface area contributed by atoms with Crippen LogP contribution in [0.15, 0.2) is 42.6 Å². The van der Waals surface area contributed by atoms with Gasteiger partial charge in [-0.3, -0.25) is 4.79 Å². The quantitative estimate of drug-likeness (QED) is 0.840. The predicted octanol–water partition coefficient (Wildman–Crippen LogP) is 3.49. The number of anilines is 1. The summed E-state index contributed by atoms with van der Waals surface area (Å²) >= 11 is 0. The number of carboxylic acid groups (broad SMARTS) is 1. The first-order valence-corrected chi connectivity index (χ1v) is 8.33. The van der Waals surface area contributed by atoms with Crippen molar-refractivity contribution in [1.29, 1.82) is 0 Å². The Labute approximate surface area is 145 Å². The Morgan fingerprint density at radius 2 is 1.84 bits per heavy atom. The van der Waals surface area contributed by atoms with Gasteiger partial charge >= 0.3 is 5.97 Å². The number of carbonyl (C=O) groups excluding carboxylic acids is 1. The topological polar surface area (TPSA) is 88.5 Å². The molecule has 2 aromatic rings. The average Bonchev–Trinajstić information content (AvgIpc) is 3.15. The van der Waals surface area contributed by atoms with Gasteiger partial charge < -0.3 is 15.2 Å². The summed E-state index contributed by atoms with van der Waals surface area (Å²) in [5, 5.41) is 11.6. The molecular weight excluding hydrogens is 320 g/mol. The molecule has 1 aromatic carbocycles. The lowest BCUT2D eigenvalue weighted by Gasteiger charge is -2.11. The van der Waals surface area contributed by atoms with Crippen LogP contribution < -0.4 is 5.32 Å². The molecule has 6 nitrogen and oxygen atoms in total. The lowest BCUT2D eigenvalue weighted by Crippen LogP contribution is -2.13. The Balaban J connectivity index is 1.54. The number of carbonyl (C=O) groups is 2. The van der Waals surface area contributed by atoms with Crippen LogP contribution in [0.4, 0.5) is 5.69 Å². The Bertz CT molecular complexity index is 735. The molecule has 6 heteroatoms. The molecule has 1 aromatic heterocycles. The minimum Gasteiger partial charge on any atom is -0.477 e. The van der Waals surface area contributed by atoms with Gasteiger partial charge in [0.2, 0.25) is 0 Å². The second-order valence-electron chi connectivity index (χ2n) is 6.11. The summed E-state index contributed by atoms with van der Waals surface area (Å²) in [6, 6.07) is 10.2. The Hall–Kier alpha value is -2.73. The van der Waals surface area contributed by atoms with E-state index in [9.17, 15) is 9.59 Å². The van der Waals surface area contributed by atoms with Gasteiger partial charge in [-0.1, -0.05) is 25.0 Å². The van der Waals surface area contributed by atoms with Crippen LogP contribution in [0.1, 0.15) is 52.1 Å². The van der Waals surface area contributed by atoms with Crippen molar-refractivity contribution in [2.24, 2.45) is 0 Å². The number of pyridine rings is 1. The lowest BCUT2D eigenvalue weighted by molar-refractivity contribution is 0.0457. The molecule has 1 fully saturated rings. The summed E-state index contributed by atoms with van der Waals surface area (Å²) in [4.78, 5) is 26.7. The fourth-order valence-corrected chi connectivity index (χ4v) is 2.81. The Morgan fingerprint density at radius 1 is 1.12 bits per heavy atom. The molecule has 0 spiro atoms. The maximum absolute atomic E-state index is 12.2. The summed E-state index contributed by atoms with van der Waals surface area (Å²) in [6.07, 6.45) is 6.41. The zero-order chi connectivity index (χ0) is 17.6. The summed E-state index contributed by atoms with van der Waals surface area (Å²) in [5.41, 5.74) is 1.94. The smallest absolute Gasteiger partial charge is 0.354 e. The summed E-state index contributed by atoms with van der Waals surface area (Å²) in [5.74, 6) is -1.46. The van der Waals surface area contributed by atoms with Gasteiger partial charge in [0.1, 0.15) is 5.69 Å². The van der Waals surface area contributed by atoms with Crippen LogP contribution in [0.25, 0.3) is 0 Å². The molecule has 3 rings (SSSR count). The number of hydrogen-bond donors (Lipinski definition) is 2. The molecule has 1 aliphatic rings. The number of amides is 1. The third kappa shape index (κ3) is 4.64. The highest BCUT2D eigenvalue weighted by atomic mass is 16.5. The molecule has 0 atom stereocenters. The minimum atomic E-state index is -1.12. The number of hydrogen-bond acceptors (Lipinski definition) is 4. The van der Waals surface area contributed by atoms with E-state index < -0.39 is 5.97 Å². The number of aromatic carboxylic acids is 1. The largest absolute Gasteiger partial charge is 0.477 e. The maximum Gasteiger partial charge on any atom is 0.354 e. The number of nitrogens with zero attached hydrogens (tertiary/aromatic N) is 1. The van der Waals surface area contributed by atoms with Crippen molar-refractivity contribution in [3.8, 4) is 0 Å². The number of carboxylic acids is 1. The molecule has 1 heterocycles. The lowest BCUT2D eigenvalue weighted by atomic mass is 10.2. The van der Waals surface area contributed by atoms with Gasteiger partial charge in [0.15, 0.2) is 0 Å². The van der Waals surface area contributed by atoms with Gasteiger partial charge in [0.05, 0.1) is 18.3 Å². The normalized spacial score (nSPS) is 14.4. The van der Waals surface area contributed by atoms with Crippen LogP contribution >= 0.6 is 0 Å². The zero-order valence-electron chi connectivity index (χ0n) is 13.8. The van der Waals surface area contributed by atoms with Crippen LogP contribution in [0.3, 0.4) is 0 Å². The minimum absolute atomic E-state index is 0.0943. The fourth-order valence-electron chi connectivity index (χ4n) is 2.81. The van der Waals surface area contributed by atoms with Crippen LogP contribution in [0.2, 0.25) is 0 Å². The van der Waals surface area contributed by atoms with E-state index >= 15 is 0 Å². The Kier molecular flexibility index (Phi) is 5.40. The maximum atomic E-state index is 12.2. The van der Waals surface area contributed by atoms with E-state index in [4.69, 9.17) is 9.84 Å². The molecule has 2 N–H and O–H groups in total. The summed E-state index contributed by atoms with van der Waals surface area (Å²) < 4.78 is 5.87. The van der Waals surface area contributed by atoms with Gasteiger partial charge in [-0.15, -0.1) is 0 Å². The molecule has 0 aliphatic heterocycles. The number of aromatic nitrogens is 1. The SMILES string of the molecule is O=C(Nc1ccc(COC2CCCC2)cc1)c1ccc(C(=O)O)nc1. The molecule has 0 unspecified atom stereocenters. The van der Waals surface area contributed by atoms with Crippen molar-refractivity contribution in [3.63, 3.8) is 0 Å². The molecule has 0 bridgehead atoms. The second kappa shape index (κ2) is 7.90. The van der Waals surface area contributed by atoms with Crippen LogP contribution in [0, 0.1) is 0 Å². The van der Waals surface area contributed by atoms with Crippen LogP contribution in [-0.4, -0.2) is 28.1 Å². The van der Waals surface area contributed by atoms with Gasteiger partial charge in [-0.2, -0.15) is 0 Å². The summed E-state index contributed by atoms with van der Waals surface area (Å²) in [7, 11) is 0. The van der Waals surface area contributed by atoms with E-state index in [1.807, 2.05) is 24.3 Å². The van der Waals surface area contributed by atoms with Crippen molar-refractivity contribution >= 4 is 17.6 Å². The van der Waals surface area contributed by atoms with E-state index in [2.05, 4.69) is 10.3 Å². The van der Waals surface area contributed by atoms with Crippen molar-refractivity contribution in [2.75, 3.05) is 5.32 Å². The number of ether oxygens (including phenoxy) is 1. The van der Waals surface area contributed by atoms with E-state index in [-0.39, 0.29) is 11.6 Å². The number of benzene rings is 1. The number of rotatable bonds is 6. The van der Waals surface area contributed by atoms with Gasteiger partial charge in [0.25, 0.3) is 5.91 Å². The molecule has 1 amide bonds. The van der Waals surface area contributed by atoms with E-state index in [0.29, 0.717) is 24.0 Å². The monoisotopic (exact) mass is 340 g/mol. The zero-order valence-corrected chi connectivity index (χ0v) is 13.8. The highest BCUT2D eigenvalue weighted by molar-refractivity contribution is 6.04. The standard InChI is InChI=1S/C19H20N2O4/c22-18(14-7-10-17(19(23)24)20-11-14)21-15-8-5-13(6-9-15)12-25-16-3-1-2-4-16/h5-11,16H,1-4,12H2,(H,21,22)(H,23,24). The first kappa shape index (κ1) is 17.1. The van der Waals surface area contributed by atoms with Gasteiger partial charge in [0, 0.05) is 11.9 Å². The van der Waals surface area contributed by atoms with Crippen molar-refractivity contribution < 1.29 is 19.4 Å². The number of nitrogens with one attached hydrogen (secondary N) is 1. The first-order chi connectivity index (χ1) is 12.1. The van der Waals surface area contributed by atoms with Crippen molar-refractivity contribution in [3.05, 3.63) is 59.4 Å². The molecule has 1 aliphatic carbocycles. The molecule has 25 heavy (non-hydrogen) atoms. The first-order valence-electron chi connectivity index (χ1n) is 8.33. The molecular formula is C19H20N2O4. The van der Waals surface area contributed by atoms with E-state index in [1.165, 1.54) is 31.2 Å². The fraction of sp³-hybridized carbons (Fsp3) is 0.316. The van der Waals surface area contributed by atoms with Crippen molar-refractivity contribution in [1.82, 2.24) is 4.98 Å². The molecule has 0 radical (unpaired) electrons.